The van der Waals surface area contributed by atoms with Crippen LogP contribution in [0.4, 0.5) is 0 Å². The molecule has 26 heavy (non-hydrogen) atoms. The molecule has 1 amide bonds. The lowest BCUT2D eigenvalue weighted by Crippen LogP contribution is -2.28. The van der Waals surface area contributed by atoms with Gasteiger partial charge >= 0.3 is 0 Å². The number of aryl methyl sites for hydroxylation is 1. The normalized spacial score (nSPS) is 11.9. The number of rotatable bonds is 7. The van der Waals surface area contributed by atoms with Gasteiger partial charge in [0.1, 0.15) is 0 Å². The topological polar surface area (TPSA) is 68.0 Å². The van der Waals surface area contributed by atoms with Gasteiger partial charge in [0.25, 0.3) is 5.22 Å². The quantitative estimate of drug-likeness (QED) is 0.638. The summed E-state index contributed by atoms with van der Waals surface area (Å²) in [5.41, 5.74) is 3.19. The van der Waals surface area contributed by atoms with Crippen LogP contribution in [0.15, 0.2) is 64.2 Å². The molecule has 0 fully saturated rings. The van der Waals surface area contributed by atoms with Crippen LogP contribution >= 0.6 is 11.8 Å². The zero-order valence-corrected chi connectivity index (χ0v) is 15.6. The Labute approximate surface area is 157 Å². The number of amides is 1. The Hall–Kier alpha value is -2.60. The number of nitrogens with one attached hydrogen (secondary N) is 1. The summed E-state index contributed by atoms with van der Waals surface area (Å²) in [4.78, 5) is 12.1. The molecule has 3 aromatic rings. The molecule has 0 unspecified atom stereocenters. The van der Waals surface area contributed by atoms with Crippen molar-refractivity contribution >= 4 is 17.7 Å². The van der Waals surface area contributed by atoms with Gasteiger partial charge in [0.05, 0.1) is 5.75 Å². The number of carbonyl (C=O) groups is 1. The molecule has 1 N–H and O–H groups in total. The Morgan fingerprint density at radius 3 is 2.62 bits per heavy atom. The average molecular weight is 367 g/mol. The summed E-state index contributed by atoms with van der Waals surface area (Å²) in [7, 11) is 0. The van der Waals surface area contributed by atoms with Gasteiger partial charge < -0.3 is 9.73 Å². The molecule has 0 aliphatic carbocycles. The Morgan fingerprint density at radius 2 is 1.85 bits per heavy atom. The van der Waals surface area contributed by atoms with Gasteiger partial charge in [0.15, 0.2) is 0 Å². The first kappa shape index (κ1) is 18.2. The number of nitrogens with zero attached hydrogens (tertiary/aromatic N) is 2. The SMILES string of the molecule is Cc1ccccc1-c1nnc(SCC(=O)NC[C@H](C)c2ccccc2)o1. The van der Waals surface area contributed by atoms with Gasteiger partial charge in [-0.2, -0.15) is 0 Å². The summed E-state index contributed by atoms with van der Waals surface area (Å²) in [6.45, 7) is 4.69. The van der Waals surface area contributed by atoms with E-state index in [0.29, 0.717) is 17.7 Å². The molecule has 0 spiro atoms. The summed E-state index contributed by atoms with van der Waals surface area (Å²) >= 11 is 1.25. The van der Waals surface area contributed by atoms with Crippen LogP contribution in [0.1, 0.15) is 24.0 Å². The zero-order chi connectivity index (χ0) is 18.4. The van der Waals surface area contributed by atoms with Crippen molar-refractivity contribution in [2.75, 3.05) is 12.3 Å². The number of benzene rings is 2. The van der Waals surface area contributed by atoms with Crippen LogP contribution in [-0.2, 0) is 4.79 Å². The standard InChI is InChI=1S/C20H21N3O2S/c1-14-8-6-7-11-17(14)19-22-23-20(25-19)26-13-18(24)21-12-15(2)16-9-4-3-5-10-16/h3-11,15H,12-13H2,1-2H3,(H,21,24)/t15-/m0/s1. The lowest BCUT2D eigenvalue weighted by molar-refractivity contribution is -0.118. The van der Waals surface area contributed by atoms with E-state index in [-0.39, 0.29) is 17.6 Å². The predicted octanol–water partition coefficient (Wildman–Crippen LogP) is 4.06. The molecular weight excluding hydrogens is 346 g/mol. The van der Waals surface area contributed by atoms with Crippen LogP contribution in [0.25, 0.3) is 11.5 Å². The van der Waals surface area contributed by atoms with Gasteiger partial charge in [0.2, 0.25) is 11.8 Å². The van der Waals surface area contributed by atoms with Crippen LogP contribution in [0.2, 0.25) is 0 Å². The van der Waals surface area contributed by atoms with Crippen LogP contribution in [0.3, 0.4) is 0 Å². The number of hydrogen-bond donors (Lipinski definition) is 1. The highest BCUT2D eigenvalue weighted by molar-refractivity contribution is 7.99. The molecular formula is C20H21N3O2S. The van der Waals surface area contributed by atoms with Gasteiger partial charge in [-0.25, -0.2) is 0 Å². The lowest BCUT2D eigenvalue weighted by Gasteiger charge is -2.12. The van der Waals surface area contributed by atoms with Gasteiger partial charge in [-0.05, 0) is 30.0 Å². The molecule has 0 radical (unpaired) electrons. The van der Waals surface area contributed by atoms with Crippen molar-refractivity contribution in [1.82, 2.24) is 15.5 Å². The molecule has 3 rings (SSSR count). The highest BCUT2D eigenvalue weighted by Gasteiger charge is 2.13. The molecule has 1 atom stereocenters. The molecule has 6 heteroatoms. The number of aromatic nitrogens is 2. The average Bonchev–Trinajstić information content (AvgIpc) is 3.14. The van der Waals surface area contributed by atoms with Crippen LogP contribution in [-0.4, -0.2) is 28.4 Å². The Balaban J connectivity index is 1.49. The summed E-state index contributed by atoms with van der Waals surface area (Å²) in [5, 5.41) is 11.4. The lowest BCUT2D eigenvalue weighted by atomic mass is 10.0. The molecule has 1 heterocycles. The fourth-order valence-electron chi connectivity index (χ4n) is 2.53. The van der Waals surface area contributed by atoms with E-state index in [4.69, 9.17) is 4.42 Å². The first-order valence-corrected chi connectivity index (χ1v) is 9.46. The third-order valence-electron chi connectivity index (χ3n) is 4.08. The second-order valence-corrected chi connectivity index (χ2v) is 7.02. The van der Waals surface area contributed by atoms with Crippen molar-refractivity contribution in [3.8, 4) is 11.5 Å². The molecule has 0 bridgehead atoms. The molecule has 0 saturated carbocycles. The van der Waals surface area contributed by atoms with Crippen molar-refractivity contribution in [2.24, 2.45) is 0 Å². The second kappa shape index (κ2) is 8.67. The Morgan fingerprint density at radius 1 is 1.12 bits per heavy atom. The Bertz CT molecular complexity index is 864. The molecule has 0 saturated heterocycles. The minimum Gasteiger partial charge on any atom is -0.411 e. The maximum absolute atomic E-state index is 12.1. The first-order valence-electron chi connectivity index (χ1n) is 8.47. The van der Waals surface area contributed by atoms with Gasteiger partial charge in [0, 0.05) is 12.1 Å². The fourth-order valence-corrected chi connectivity index (χ4v) is 3.13. The highest BCUT2D eigenvalue weighted by Crippen LogP contribution is 2.25. The van der Waals surface area contributed by atoms with Crippen LogP contribution in [0.5, 0.6) is 0 Å². The third kappa shape index (κ3) is 4.73. The van der Waals surface area contributed by atoms with Gasteiger partial charge in [-0.15, -0.1) is 10.2 Å². The summed E-state index contributed by atoms with van der Waals surface area (Å²) < 4.78 is 5.66. The Kier molecular flexibility index (Phi) is 6.07. The summed E-state index contributed by atoms with van der Waals surface area (Å²) in [6.07, 6.45) is 0. The largest absolute Gasteiger partial charge is 0.411 e. The third-order valence-corrected chi connectivity index (χ3v) is 4.90. The van der Waals surface area contributed by atoms with E-state index in [1.807, 2.05) is 49.4 Å². The molecule has 0 aliphatic heterocycles. The van der Waals surface area contributed by atoms with Crippen molar-refractivity contribution < 1.29 is 9.21 Å². The first-order chi connectivity index (χ1) is 12.6. The number of thioether (sulfide) groups is 1. The second-order valence-electron chi connectivity index (χ2n) is 6.09. The highest BCUT2D eigenvalue weighted by atomic mass is 32.2. The molecule has 0 aliphatic rings. The van der Waals surface area contributed by atoms with Crippen LogP contribution < -0.4 is 5.32 Å². The van der Waals surface area contributed by atoms with E-state index in [1.165, 1.54) is 17.3 Å². The van der Waals surface area contributed by atoms with Crippen molar-refractivity contribution in [3.63, 3.8) is 0 Å². The van der Waals surface area contributed by atoms with Gasteiger partial charge in [-0.3, -0.25) is 4.79 Å². The predicted molar refractivity (Wildman–Crippen MR) is 103 cm³/mol. The van der Waals surface area contributed by atoms with E-state index >= 15 is 0 Å². The molecule has 134 valence electrons. The van der Waals surface area contributed by atoms with Crippen molar-refractivity contribution in [2.45, 2.75) is 25.0 Å². The van der Waals surface area contributed by atoms with E-state index < -0.39 is 0 Å². The van der Waals surface area contributed by atoms with E-state index in [2.05, 4.69) is 34.6 Å². The smallest absolute Gasteiger partial charge is 0.277 e. The maximum atomic E-state index is 12.1. The van der Waals surface area contributed by atoms with Crippen molar-refractivity contribution in [3.05, 3.63) is 65.7 Å². The number of hydrogen-bond acceptors (Lipinski definition) is 5. The molecule has 1 aromatic heterocycles. The molecule has 5 nitrogen and oxygen atoms in total. The molecule has 2 aromatic carbocycles. The summed E-state index contributed by atoms with van der Waals surface area (Å²) in [6, 6.07) is 18.0. The minimum atomic E-state index is -0.0478. The monoisotopic (exact) mass is 367 g/mol. The minimum absolute atomic E-state index is 0.0478. The van der Waals surface area contributed by atoms with Crippen LogP contribution in [0, 0.1) is 6.92 Å². The number of carbonyl (C=O) groups excluding carboxylic acids is 1. The maximum Gasteiger partial charge on any atom is 0.277 e. The van der Waals surface area contributed by atoms with Crippen molar-refractivity contribution in [1.29, 1.82) is 0 Å². The fraction of sp³-hybridized carbons (Fsp3) is 0.250. The summed E-state index contributed by atoms with van der Waals surface area (Å²) in [5.74, 6) is 0.940. The zero-order valence-electron chi connectivity index (χ0n) is 14.8. The van der Waals surface area contributed by atoms with E-state index in [0.717, 1.165) is 11.1 Å². The van der Waals surface area contributed by atoms with E-state index in [9.17, 15) is 4.79 Å². The van der Waals surface area contributed by atoms with Gasteiger partial charge in [-0.1, -0.05) is 67.2 Å². The van der Waals surface area contributed by atoms with E-state index in [1.54, 1.807) is 0 Å².